The van der Waals surface area contributed by atoms with E-state index in [1.165, 1.54) is 17.7 Å². The first-order valence-corrected chi connectivity index (χ1v) is 7.59. The lowest BCUT2D eigenvalue weighted by molar-refractivity contribution is -0.145. The molecule has 10 heteroatoms. The molecular formula is C15H15F3N4O3. The van der Waals surface area contributed by atoms with Crippen LogP contribution in [0.2, 0.25) is 0 Å². The van der Waals surface area contributed by atoms with Crippen LogP contribution in [-0.4, -0.2) is 32.4 Å². The van der Waals surface area contributed by atoms with Crippen molar-refractivity contribution in [3.05, 3.63) is 45.9 Å². The van der Waals surface area contributed by atoms with Gasteiger partial charge in [0.05, 0.1) is 13.7 Å². The highest BCUT2D eigenvalue weighted by molar-refractivity contribution is 5.74. The highest BCUT2D eigenvalue weighted by atomic mass is 19.4. The Bertz CT molecular complexity index is 856. The minimum atomic E-state index is -4.57. The van der Waals surface area contributed by atoms with Gasteiger partial charge in [-0.15, -0.1) is 0 Å². The Kier molecular flexibility index (Phi) is 4.36. The highest BCUT2D eigenvalue weighted by Crippen LogP contribution is 2.28. The first kappa shape index (κ1) is 17.2. The molecule has 1 aliphatic rings. The minimum absolute atomic E-state index is 0.141. The summed E-state index contributed by atoms with van der Waals surface area (Å²) in [5.41, 5.74) is -1.33. The topological polar surface area (TPSA) is 79.0 Å². The average molecular weight is 356 g/mol. The Hall–Kier alpha value is -2.65. The summed E-state index contributed by atoms with van der Waals surface area (Å²) in [7, 11) is 1.24. The van der Waals surface area contributed by atoms with Gasteiger partial charge in [0, 0.05) is 12.6 Å². The van der Waals surface area contributed by atoms with Gasteiger partial charge < -0.3 is 4.74 Å². The van der Waals surface area contributed by atoms with E-state index in [1.54, 1.807) is 0 Å². The smallest absolute Gasteiger partial charge is 0.433 e. The maximum absolute atomic E-state index is 12.7. The molecule has 0 amide bonds. The van der Waals surface area contributed by atoms with Crippen molar-refractivity contribution in [3.8, 4) is 0 Å². The van der Waals surface area contributed by atoms with Crippen molar-refractivity contribution in [1.82, 2.24) is 19.3 Å². The number of aryl methyl sites for hydroxylation is 1. The summed E-state index contributed by atoms with van der Waals surface area (Å²) in [5.74, 6) is -0.109. The summed E-state index contributed by atoms with van der Waals surface area (Å²) in [4.78, 5) is 27.7. The van der Waals surface area contributed by atoms with Crippen LogP contribution in [0.4, 0.5) is 13.2 Å². The third kappa shape index (κ3) is 3.28. The predicted octanol–water partition coefficient (Wildman–Crippen LogP) is 1.56. The third-order valence-electron chi connectivity index (χ3n) is 4.05. The van der Waals surface area contributed by atoms with Crippen LogP contribution < -0.4 is 5.69 Å². The van der Waals surface area contributed by atoms with E-state index < -0.39 is 29.6 Å². The van der Waals surface area contributed by atoms with Crippen molar-refractivity contribution < 1.29 is 22.7 Å². The fourth-order valence-corrected chi connectivity index (χ4v) is 2.89. The zero-order chi connectivity index (χ0) is 18.2. The lowest BCUT2D eigenvalue weighted by Gasteiger charge is -2.20. The number of carbonyl (C=O) groups excluding carboxylic acids is 1. The fourth-order valence-electron chi connectivity index (χ4n) is 2.89. The molecule has 25 heavy (non-hydrogen) atoms. The number of esters is 1. The number of alkyl halides is 3. The molecule has 0 aliphatic carbocycles. The lowest BCUT2D eigenvalue weighted by atomic mass is 10.1. The maximum atomic E-state index is 12.7. The van der Waals surface area contributed by atoms with Crippen LogP contribution >= 0.6 is 0 Å². The van der Waals surface area contributed by atoms with Crippen LogP contribution in [0.1, 0.15) is 36.0 Å². The Morgan fingerprint density at radius 1 is 1.44 bits per heavy atom. The molecule has 3 rings (SSSR count). The minimum Gasteiger partial charge on any atom is -0.467 e. The molecule has 0 bridgehead atoms. The molecular weight excluding hydrogens is 341 g/mol. The van der Waals surface area contributed by atoms with Crippen molar-refractivity contribution in [2.45, 2.75) is 38.0 Å². The molecule has 0 spiro atoms. The monoisotopic (exact) mass is 356 g/mol. The van der Waals surface area contributed by atoms with Crippen LogP contribution in [0.3, 0.4) is 0 Å². The van der Waals surface area contributed by atoms with Crippen molar-refractivity contribution in [3.63, 3.8) is 0 Å². The molecule has 3 heterocycles. The number of pyridine rings is 1. The van der Waals surface area contributed by atoms with E-state index in [0.29, 0.717) is 25.1 Å². The van der Waals surface area contributed by atoms with Crippen LogP contribution in [0.5, 0.6) is 0 Å². The number of halogens is 3. The second kappa shape index (κ2) is 6.34. The molecule has 7 nitrogen and oxygen atoms in total. The summed E-state index contributed by atoms with van der Waals surface area (Å²) < 4.78 is 45.3. The van der Waals surface area contributed by atoms with E-state index in [0.717, 1.165) is 16.9 Å². The van der Waals surface area contributed by atoms with Crippen LogP contribution in [0.25, 0.3) is 0 Å². The number of aromatic nitrogens is 4. The molecule has 0 fully saturated rings. The number of ether oxygens (including phenoxy) is 1. The predicted molar refractivity (Wildman–Crippen MR) is 78.8 cm³/mol. The number of hydrogen-bond acceptors (Lipinski definition) is 5. The van der Waals surface area contributed by atoms with Gasteiger partial charge in [-0.2, -0.15) is 18.3 Å². The standard InChI is InChI=1S/C15H15F3N4O3/c1-25-13(23)10-3-2-4-12-20-21(14(24)22(10)12)8-9-5-6-19-11(7-9)15(16,17)18/h5-7,10H,2-4,8H2,1H3/t10-/m1/s1. The SMILES string of the molecule is COC(=O)[C@H]1CCCc2nn(Cc3ccnc(C(F)(F)F)c3)c(=O)n21. The quantitative estimate of drug-likeness (QED) is 0.780. The Balaban J connectivity index is 1.94. The summed E-state index contributed by atoms with van der Waals surface area (Å²) in [6.45, 7) is -0.141. The van der Waals surface area contributed by atoms with E-state index in [-0.39, 0.29) is 12.1 Å². The number of methoxy groups -OCH3 is 1. The van der Waals surface area contributed by atoms with Gasteiger partial charge in [-0.25, -0.2) is 14.3 Å². The van der Waals surface area contributed by atoms with Crippen molar-refractivity contribution in [1.29, 1.82) is 0 Å². The Labute approximate surface area is 140 Å². The summed E-state index contributed by atoms with van der Waals surface area (Å²) in [5, 5.41) is 4.16. The first-order chi connectivity index (χ1) is 11.8. The number of hydrogen-bond donors (Lipinski definition) is 0. The summed E-state index contributed by atoms with van der Waals surface area (Å²) in [6.07, 6.45) is -1.89. The van der Waals surface area contributed by atoms with Crippen LogP contribution in [-0.2, 0) is 28.7 Å². The van der Waals surface area contributed by atoms with E-state index in [2.05, 4.69) is 10.1 Å². The molecule has 0 saturated heterocycles. The zero-order valence-corrected chi connectivity index (χ0v) is 13.3. The van der Waals surface area contributed by atoms with Gasteiger partial charge in [0.15, 0.2) is 0 Å². The summed E-state index contributed by atoms with van der Waals surface area (Å²) >= 11 is 0. The van der Waals surface area contributed by atoms with Gasteiger partial charge in [-0.3, -0.25) is 9.55 Å². The highest BCUT2D eigenvalue weighted by Gasteiger charge is 2.33. The van der Waals surface area contributed by atoms with E-state index >= 15 is 0 Å². The van der Waals surface area contributed by atoms with Gasteiger partial charge in [0.2, 0.25) is 0 Å². The Morgan fingerprint density at radius 2 is 2.20 bits per heavy atom. The average Bonchev–Trinajstić information content (AvgIpc) is 2.90. The molecule has 0 aromatic carbocycles. The second-order valence-corrected chi connectivity index (χ2v) is 5.70. The second-order valence-electron chi connectivity index (χ2n) is 5.70. The molecule has 0 N–H and O–H groups in total. The zero-order valence-electron chi connectivity index (χ0n) is 13.3. The van der Waals surface area contributed by atoms with Crippen molar-refractivity contribution in [2.24, 2.45) is 0 Å². The molecule has 1 aliphatic heterocycles. The Morgan fingerprint density at radius 3 is 2.88 bits per heavy atom. The van der Waals surface area contributed by atoms with Crippen molar-refractivity contribution >= 4 is 5.97 Å². The molecule has 134 valence electrons. The third-order valence-corrected chi connectivity index (χ3v) is 4.05. The maximum Gasteiger partial charge on any atom is 0.433 e. The molecule has 0 radical (unpaired) electrons. The van der Waals surface area contributed by atoms with Gasteiger partial charge >= 0.3 is 17.8 Å². The molecule has 2 aromatic rings. The summed E-state index contributed by atoms with van der Waals surface area (Å²) in [6, 6.07) is 1.51. The largest absolute Gasteiger partial charge is 0.467 e. The van der Waals surface area contributed by atoms with E-state index in [1.807, 2.05) is 0 Å². The van der Waals surface area contributed by atoms with Crippen molar-refractivity contribution in [2.75, 3.05) is 7.11 Å². The van der Waals surface area contributed by atoms with Gasteiger partial charge in [-0.1, -0.05) is 0 Å². The number of nitrogens with zero attached hydrogens (tertiary/aromatic N) is 4. The molecule has 2 aromatic heterocycles. The molecule has 1 atom stereocenters. The van der Waals surface area contributed by atoms with E-state index in [9.17, 15) is 22.8 Å². The normalized spacial score (nSPS) is 17.2. The first-order valence-electron chi connectivity index (χ1n) is 7.59. The molecule has 0 saturated carbocycles. The van der Waals surface area contributed by atoms with E-state index in [4.69, 9.17) is 4.74 Å². The number of fused-ring (bicyclic) bond motifs is 1. The van der Waals surface area contributed by atoms with Gasteiger partial charge in [0.25, 0.3) is 0 Å². The van der Waals surface area contributed by atoms with Crippen LogP contribution in [0.15, 0.2) is 23.1 Å². The molecule has 0 unspecified atom stereocenters. The lowest BCUT2D eigenvalue weighted by Crippen LogP contribution is -2.35. The van der Waals surface area contributed by atoms with Gasteiger partial charge in [-0.05, 0) is 30.5 Å². The van der Waals surface area contributed by atoms with Gasteiger partial charge in [0.1, 0.15) is 17.6 Å². The number of rotatable bonds is 3. The van der Waals surface area contributed by atoms with Crippen LogP contribution in [0, 0.1) is 0 Å². The fraction of sp³-hybridized carbons (Fsp3) is 0.467. The number of carbonyl (C=O) groups is 1.